The number of aliphatic hydroxyl groups is 1. The predicted octanol–water partition coefficient (Wildman–Crippen LogP) is 2.42. The lowest BCUT2D eigenvalue weighted by Gasteiger charge is -2.19. The van der Waals surface area contributed by atoms with Gasteiger partial charge < -0.3 is 19.4 Å². The molecule has 0 fully saturated rings. The molecule has 2 aromatic rings. The van der Waals surface area contributed by atoms with Crippen molar-refractivity contribution in [2.45, 2.75) is 26.4 Å². The van der Waals surface area contributed by atoms with Crippen molar-refractivity contribution in [2.24, 2.45) is 0 Å². The maximum atomic E-state index is 12.5. The first-order chi connectivity index (χ1) is 12.3. The Balaban J connectivity index is 2.00. The van der Waals surface area contributed by atoms with Crippen molar-refractivity contribution in [3.05, 3.63) is 40.2 Å². The van der Waals surface area contributed by atoms with E-state index in [4.69, 9.17) is 21.2 Å². The van der Waals surface area contributed by atoms with Crippen LogP contribution in [0.25, 0.3) is 11.1 Å². The molecule has 1 aromatic carbocycles. The normalized spacial score (nSPS) is 13.5. The number of amides is 2. The van der Waals surface area contributed by atoms with E-state index >= 15 is 0 Å². The summed E-state index contributed by atoms with van der Waals surface area (Å²) in [7, 11) is 1.58. The highest BCUT2D eigenvalue weighted by Crippen LogP contribution is 2.36. The second-order valence-corrected chi connectivity index (χ2v) is 6.95. The van der Waals surface area contributed by atoms with Crippen LogP contribution < -0.4 is 0 Å². The molecule has 0 unspecified atom stereocenters. The third-order valence-electron chi connectivity index (χ3n) is 4.48. The van der Waals surface area contributed by atoms with Crippen molar-refractivity contribution in [3.63, 3.8) is 0 Å². The van der Waals surface area contributed by atoms with Crippen LogP contribution in [0.4, 0.5) is 0 Å². The van der Waals surface area contributed by atoms with E-state index < -0.39 is 0 Å². The Morgan fingerprint density at radius 3 is 2.85 bits per heavy atom. The molecule has 1 aliphatic rings. The van der Waals surface area contributed by atoms with Crippen LogP contribution in [0, 0.1) is 0 Å². The number of aromatic nitrogens is 1. The van der Waals surface area contributed by atoms with Crippen LogP contribution in [0.3, 0.4) is 0 Å². The number of halogens is 1. The van der Waals surface area contributed by atoms with Crippen LogP contribution in [-0.2, 0) is 6.54 Å². The van der Waals surface area contributed by atoms with Gasteiger partial charge in [0.1, 0.15) is 6.26 Å². The second-order valence-electron chi connectivity index (χ2n) is 6.55. The van der Waals surface area contributed by atoms with Gasteiger partial charge in [-0.2, -0.15) is 0 Å². The van der Waals surface area contributed by atoms with Crippen LogP contribution in [0.1, 0.15) is 40.3 Å². The molecule has 1 N–H and O–H groups in total. The molecule has 8 heteroatoms. The Morgan fingerprint density at radius 2 is 2.19 bits per heavy atom. The lowest BCUT2D eigenvalue weighted by Crippen LogP contribution is -2.30. The van der Waals surface area contributed by atoms with Crippen molar-refractivity contribution in [3.8, 4) is 11.1 Å². The fraction of sp³-hybridized carbons (Fsp3) is 0.389. The number of likely N-dealkylation sites (N-methyl/N-ethyl adjacent to an activating group) is 1. The molecule has 0 saturated carbocycles. The molecule has 0 saturated heterocycles. The van der Waals surface area contributed by atoms with E-state index in [0.29, 0.717) is 28.3 Å². The van der Waals surface area contributed by atoms with Crippen molar-refractivity contribution in [1.29, 1.82) is 0 Å². The monoisotopic (exact) mass is 377 g/mol. The standard InChI is InChI=1S/C18H20ClN3O4/c1-10(2)22-8-12-6-11(7-14(19)15(12)17(22)24)13-9-26-20-16(13)18(25)21(3)4-5-23/h6-7,9-10,23H,4-5,8H2,1-3H3. The molecule has 1 aliphatic heterocycles. The smallest absolute Gasteiger partial charge is 0.276 e. The molecule has 3 rings (SSSR count). The van der Waals surface area contributed by atoms with Crippen LogP contribution >= 0.6 is 11.6 Å². The van der Waals surface area contributed by atoms with E-state index in [1.807, 2.05) is 19.9 Å². The molecule has 0 bridgehead atoms. The van der Waals surface area contributed by atoms with Crippen LogP contribution in [0.15, 0.2) is 22.9 Å². The maximum absolute atomic E-state index is 12.5. The highest BCUT2D eigenvalue weighted by molar-refractivity contribution is 6.34. The molecular weight excluding hydrogens is 358 g/mol. The van der Waals surface area contributed by atoms with Gasteiger partial charge in [-0.05, 0) is 37.1 Å². The lowest BCUT2D eigenvalue weighted by molar-refractivity contribution is 0.0729. The fourth-order valence-corrected chi connectivity index (χ4v) is 3.35. The Morgan fingerprint density at radius 1 is 1.46 bits per heavy atom. The molecule has 2 heterocycles. The topological polar surface area (TPSA) is 86.9 Å². The zero-order valence-electron chi connectivity index (χ0n) is 14.8. The predicted molar refractivity (Wildman–Crippen MR) is 96.0 cm³/mol. The molecular formula is C18H20ClN3O4. The van der Waals surface area contributed by atoms with Crippen molar-refractivity contribution < 1.29 is 19.2 Å². The van der Waals surface area contributed by atoms with Crippen LogP contribution in [0.2, 0.25) is 5.02 Å². The zero-order valence-corrected chi connectivity index (χ0v) is 15.6. The third-order valence-corrected chi connectivity index (χ3v) is 4.77. The largest absolute Gasteiger partial charge is 0.395 e. The number of fused-ring (bicyclic) bond motifs is 1. The van der Waals surface area contributed by atoms with Crippen molar-refractivity contribution in [2.75, 3.05) is 20.2 Å². The van der Waals surface area contributed by atoms with Gasteiger partial charge in [0.15, 0.2) is 5.69 Å². The van der Waals surface area contributed by atoms with E-state index in [-0.39, 0.29) is 36.7 Å². The van der Waals surface area contributed by atoms with Gasteiger partial charge in [0, 0.05) is 26.2 Å². The third kappa shape index (κ3) is 3.08. The SMILES string of the molecule is CC(C)N1Cc2cc(-c3conc3C(=O)N(C)CCO)cc(Cl)c2C1=O. The van der Waals surface area contributed by atoms with Crippen molar-refractivity contribution >= 4 is 23.4 Å². The van der Waals surface area contributed by atoms with Gasteiger partial charge in [-0.3, -0.25) is 9.59 Å². The summed E-state index contributed by atoms with van der Waals surface area (Å²) < 4.78 is 5.01. The number of carbonyl (C=O) groups excluding carboxylic acids is 2. The molecule has 0 aliphatic carbocycles. The highest BCUT2D eigenvalue weighted by atomic mass is 35.5. The minimum Gasteiger partial charge on any atom is -0.395 e. The summed E-state index contributed by atoms with van der Waals surface area (Å²) in [6.07, 6.45) is 1.38. The van der Waals surface area contributed by atoms with Gasteiger partial charge >= 0.3 is 0 Å². The maximum Gasteiger partial charge on any atom is 0.276 e. The number of hydrogen-bond acceptors (Lipinski definition) is 5. The molecule has 0 radical (unpaired) electrons. The Bertz CT molecular complexity index is 862. The Hall–Kier alpha value is -2.38. The summed E-state index contributed by atoms with van der Waals surface area (Å²) in [6, 6.07) is 3.56. The van der Waals surface area contributed by atoms with Crippen LogP contribution in [0.5, 0.6) is 0 Å². The quantitative estimate of drug-likeness (QED) is 0.864. The average Bonchev–Trinajstić information content (AvgIpc) is 3.19. The van der Waals surface area contributed by atoms with Crippen LogP contribution in [-0.4, -0.2) is 58.1 Å². The van der Waals surface area contributed by atoms with Crippen molar-refractivity contribution in [1.82, 2.24) is 15.0 Å². The van der Waals surface area contributed by atoms with Gasteiger partial charge in [0.05, 0.1) is 22.8 Å². The van der Waals surface area contributed by atoms with Gasteiger partial charge in [0.25, 0.3) is 11.8 Å². The molecule has 0 spiro atoms. The summed E-state index contributed by atoms with van der Waals surface area (Å²) in [5.74, 6) is -0.449. The molecule has 138 valence electrons. The molecule has 2 amide bonds. The first kappa shape index (κ1) is 18.4. The summed E-state index contributed by atoms with van der Waals surface area (Å²) >= 11 is 6.37. The van der Waals surface area contributed by atoms with Gasteiger partial charge in [-0.15, -0.1) is 0 Å². The second kappa shape index (κ2) is 7.09. The lowest BCUT2D eigenvalue weighted by atomic mass is 10.0. The minimum absolute atomic E-state index is 0.0641. The van der Waals surface area contributed by atoms with E-state index in [9.17, 15) is 9.59 Å². The number of nitrogens with zero attached hydrogens (tertiary/aromatic N) is 3. The highest BCUT2D eigenvalue weighted by Gasteiger charge is 2.32. The number of hydrogen-bond donors (Lipinski definition) is 1. The van der Waals surface area contributed by atoms with E-state index in [2.05, 4.69) is 5.16 Å². The average molecular weight is 378 g/mol. The molecule has 7 nitrogen and oxygen atoms in total. The number of carbonyl (C=O) groups is 2. The van der Waals surface area contributed by atoms with E-state index in [1.165, 1.54) is 11.2 Å². The number of rotatable bonds is 5. The zero-order chi connectivity index (χ0) is 19.0. The Labute approximate surface area is 156 Å². The summed E-state index contributed by atoms with van der Waals surface area (Å²) in [6.45, 7) is 4.41. The van der Waals surface area contributed by atoms with Gasteiger partial charge in [-0.25, -0.2) is 0 Å². The van der Waals surface area contributed by atoms with E-state index in [1.54, 1.807) is 18.0 Å². The Kier molecular flexibility index (Phi) is 5.02. The van der Waals surface area contributed by atoms with Gasteiger partial charge in [0.2, 0.25) is 0 Å². The summed E-state index contributed by atoms with van der Waals surface area (Å²) in [5, 5.41) is 13.2. The number of aliphatic hydroxyl groups excluding tert-OH is 1. The first-order valence-electron chi connectivity index (χ1n) is 8.29. The fourth-order valence-electron chi connectivity index (χ4n) is 3.03. The first-order valence-corrected chi connectivity index (χ1v) is 8.67. The molecule has 26 heavy (non-hydrogen) atoms. The molecule has 0 atom stereocenters. The summed E-state index contributed by atoms with van der Waals surface area (Å²) in [4.78, 5) is 28.1. The van der Waals surface area contributed by atoms with E-state index in [0.717, 1.165) is 5.56 Å². The molecule has 1 aromatic heterocycles. The minimum atomic E-state index is -0.362. The summed E-state index contributed by atoms with van der Waals surface area (Å²) in [5.41, 5.74) is 2.62. The van der Waals surface area contributed by atoms with Gasteiger partial charge in [-0.1, -0.05) is 16.8 Å². The number of benzene rings is 1.